The van der Waals surface area contributed by atoms with Gasteiger partial charge in [0.05, 0.1) is 47.5 Å². The van der Waals surface area contributed by atoms with Gasteiger partial charge in [-0.1, -0.05) is 0 Å². The smallest absolute Gasteiger partial charge is 0.336 e. The Balaban J connectivity index is 0.000000640. The van der Waals surface area contributed by atoms with Gasteiger partial charge in [-0.3, -0.25) is 26.1 Å². The Morgan fingerprint density at radius 3 is 2.54 bits per heavy atom. The number of rotatable bonds is 5. The highest BCUT2D eigenvalue weighted by molar-refractivity contribution is 7.84. The lowest BCUT2D eigenvalue weighted by Crippen LogP contribution is -2.51. The molecule has 0 spiro atoms. The molecule has 28 heavy (non-hydrogen) atoms. The minimum absolute atomic E-state index is 0.0833. The van der Waals surface area contributed by atoms with Gasteiger partial charge < -0.3 is 14.5 Å². The number of benzene rings is 1. The molecule has 150 valence electrons. The van der Waals surface area contributed by atoms with Gasteiger partial charge in [-0.15, -0.1) is 0 Å². The predicted octanol–water partition coefficient (Wildman–Crippen LogP) is -0.0814. The van der Waals surface area contributed by atoms with Gasteiger partial charge in [0.2, 0.25) is 0 Å². The van der Waals surface area contributed by atoms with E-state index in [2.05, 4.69) is 31.8 Å². The molecule has 0 amide bonds. The first-order valence-corrected chi connectivity index (χ1v) is 9.63. The van der Waals surface area contributed by atoms with Gasteiger partial charge in [0, 0.05) is 23.4 Å². The summed E-state index contributed by atoms with van der Waals surface area (Å²) in [6.45, 7) is 3.86. The molecule has 7 N–H and O–H groups in total. The number of hydrogen-bond acceptors (Lipinski definition) is 5. The molecule has 0 saturated carbocycles. The van der Waals surface area contributed by atoms with Crippen LogP contribution in [0.1, 0.15) is 16.8 Å². The molecule has 1 atom stereocenters. The van der Waals surface area contributed by atoms with Crippen molar-refractivity contribution < 1.29 is 19.1 Å². The molecule has 0 aliphatic rings. The second-order valence-corrected chi connectivity index (χ2v) is 7.33. The maximum absolute atomic E-state index is 12.7. The van der Waals surface area contributed by atoms with Crippen molar-refractivity contribution in [2.24, 2.45) is 11.5 Å². The molecule has 3 rings (SSSR count). The maximum atomic E-state index is 12.7. The first-order valence-electron chi connectivity index (χ1n) is 8.31. The number of nitrogens with zero attached hydrogens (tertiary/aromatic N) is 2. The van der Waals surface area contributed by atoms with Crippen LogP contribution in [0, 0.1) is 13.8 Å². The van der Waals surface area contributed by atoms with E-state index < -0.39 is 10.8 Å². The van der Waals surface area contributed by atoms with Crippen LogP contribution in [-0.2, 0) is 16.6 Å². The molecule has 0 bridgehead atoms. The minimum atomic E-state index is -1.33. The second kappa shape index (κ2) is 9.18. The number of H-pyrrole nitrogens is 1. The van der Waals surface area contributed by atoms with E-state index in [9.17, 15) is 4.21 Å². The Hall–Kier alpha value is -3.14. The highest BCUT2D eigenvalue weighted by Gasteiger charge is 2.16. The molecule has 0 radical (unpaired) electrons. The molecule has 3 aromatic rings. The van der Waals surface area contributed by atoms with Crippen molar-refractivity contribution in [1.29, 1.82) is 0 Å². The summed E-state index contributed by atoms with van der Waals surface area (Å²) in [6, 6.07) is 5.50. The van der Waals surface area contributed by atoms with E-state index in [1.54, 1.807) is 20.4 Å². The van der Waals surface area contributed by atoms with E-state index in [1.807, 2.05) is 32.0 Å². The van der Waals surface area contributed by atoms with Gasteiger partial charge in [-0.2, -0.15) is 0 Å². The number of aryl methyl sites for hydroxylation is 1. The van der Waals surface area contributed by atoms with Crippen molar-refractivity contribution in [2.45, 2.75) is 24.8 Å². The molecular weight excluding hydrogens is 380 g/mol. The van der Waals surface area contributed by atoms with Crippen LogP contribution in [0.25, 0.3) is 11.0 Å². The van der Waals surface area contributed by atoms with Crippen molar-refractivity contribution in [3.8, 4) is 11.5 Å². The Labute approximate surface area is 165 Å². The van der Waals surface area contributed by atoms with Crippen molar-refractivity contribution in [2.75, 3.05) is 14.2 Å². The topological polar surface area (TPSA) is 155 Å². The summed E-state index contributed by atoms with van der Waals surface area (Å²) < 4.78 is 23.3. The van der Waals surface area contributed by atoms with Crippen molar-refractivity contribution in [3.63, 3.8) is 0 Å². The summed E-state index contributed by atoms with van der Waals surface area (Å²) in [5.74, 6) is 1.70. The normalized spacial score (nSPS) is 11.4. The number of ether oxygens (including phenoxy) is 2. The average molecular weight is 406 g/mol. The number of imidazole rings is 1. The zero-order chi connectivity index (χ0) is 20.8. The summed E-state index contributed by atoms with van der Waals surface area (Å²) in [5, 5.41) is 5.01. The molecule has 10 heteroatoms. The van der Waals surface area contributed by atoms with E-state index in [1.165, 1.54) is 0 Å². The Bertz CT molecular complexity index is 1010. The van der Waals surface area contributed by atoms with Gasteiger partial charge in [-0.25, -0.2) is 4.98 Å². The highest BCUT2D eigenvalue weighted by Crippen LogP contribution is 2.26. The van der Waals surface area contributed by atoms with Crippen LogP contribution in [0.3, 0.4) is 0 Å². The number of hydrogen-bond donors (Lipinski definition) is 4. The molecule has 0 aliphatic heterocycles. The minimum Gasteiger partial charge on any atom is -0.497 e. The lowest BCUT2D eigenvalue weighted by Gasteiger charge is -2.11. The third-order valence-corrected chi connectivity index (χ3v) is 5.06. The SMILES string of the molecule is COc1ccc2nc(S(=O)Cc3ncc(C)c(OC)c3C)[nH]c2c1.NC(N)=[NH2+]. The summed E-state index contributed by atoms with van der Waals surface area (Å²) >= 11 is 0. The van der Waals surface area contributed by atoms with Crippen LogP contribution in [-0.4, -0.2) is 39.3 Å². The lowest BCUT2D eigenvalue weighted by atomic mass is 10.1. The van der Waals surface area contributed by atoms with Gasteiger partial charge in [-0.05, 0) is 26.0 Å². The fraction of sp³-hybridized carbons (Fsp3) is 0.278. The Morgan fingerprint density at radius 2 is 1.93 bits per heavy atom. The highest BCUT2D eigenvalue weighted by atomic mass is 32.2. The standard InChI is InChI=1S/C17H19N3O3S.CH5N3/c1-10-8-18-15(11(2)16(10)23-4)9-24(21)17-19-13-6-5-12(22-3)7-14(13)20-17;2-1(3)4/h5-8H,9H2,1-4H3,(H,19,20);(H5,2,3,4)/p+1. The van der Waals surface area contributed by atoms with Gasteiger partial charge >= 0.3 is 5.96 Å². The van der Waals surface area contributed by atoms with E-state index in [-0.39, 0.29) is 11.7 Å². The summed E-state index contributed by atoms with van der Waals surface area (Å²) in [6.07, 6.45) is 1.74. The van der Waals surface area contributed by atoms with Crippen LogP contribution in [0.4, 0.5) is 0 Å². The van der Waals surface area contributed by atoms with Crippen molar-refractivity contribution in [1.82, 2.24) is 15.0 Å². The fourth-order valence-electron chi connectivity index (χ4n) is 2.61. The quantitative estimate of drug-likeness (QED) is 0.342. The Kier molecular flexibility index (Phi) is 6.94. The van der Waals surface area contributed by atoms with Gasteiger partial charge in [0.15, 0.2) is 5.16 Å². The molecule has 1 unspecified atom stereocenters. The number of nitrogens with two attached hydrogens (primary N) is 3. The van der Waals surface area contributed by atoms with Gasteiger partial charge in [0.25, 0.3) is 0 Å². The van der Waals surface area contributed by atoms with Crippen LogP contribution in [0.2, 0.25) is 0 Å². The van der Waals surface area contributed by atoms with E-state index in [4.69, 9.17) is 9.47 Å². The number of pyridine rings is 1. The number of methoxy groups -OCH3 is 2. The first kappa shape index (κ1) is 21.2. The molecule has 2 heterocycles. The van der Waals surface area contributed by atoms with Crippen molar-refractivity contribution >= 4 is 27.8 Å². The van der Waals surface area contributed by atoms with Crippen LogP contribution in [0.5, 0.6) is 11.5 Å². The molecule has 2 aromatic heterocycles. The van der Waals surface area contributed by atoms with Crippen molar-refractivity contribution in [3.05, 3.63) is 41.2 Å². The molecular formula is C18H25N6O3S+. The molecule has 0 saturated heterocycles. The number of guanidine groups is 1. The van der Waals surface area contributed by atoms with E-state index >= 15 is 0 Å². The number of aromatic nitrogens is 3. The van der Waals surface area contributed by atoms with Gasteiger partial charge in [0.1, 0.15) is 11.5 Å². The van der Waals surface area contributed by atoms with Crippen LogP contribution < -0.4 is 26.4 Å². The van der Waals surface area contributed by atoms with E-state index in [0.29, 0.717) is 5.16 Å². The third kappa shape index (κ3) is 4.97. The Morgan fingerprint density at radius 1 is 1.25 bits per heavy atom. The summed E-state index contributed by atoms with van der Waals surface area (Å²) in [4.78, 5) is 11.9. The monoisotopic (exact) mass is 405 g/mol. The fourth-order valence-corrected chi connectivity index (χ4v) is 3.71. The molecule has 0 fully saturated rings. The zero-order valence-electron chi connectivity index (χ0n) is 16.3. The molecule has 9 nitrogen and oxygen atoms in total. The van der Waals surface area contributed by atoms with E-state index in [0.717, 1.165) is 39.4 Å². The molecule has 1 aromatic carbocycles. The number of nitrogens with one attached hydrogen (secondary N) is 1. The summed E-state index contributed by atoms with van der Waals surface area (Å²) in [5.41, 5.74) is 13.3. The average Bonchev–Trinajstić information content (AvgIpc) is 3.07. The maximum Gasteiger partial charge on any atom is 0.336 e. The second-order valence-electron chi connectivity index (χ2n) is 5.96. The first-order chi connectivity index (χ1) is 13.3. The van der Waals surface area contributed by atoms with Crippen LogP contribution >= 0.6 is 0 Å². The largest absolute Gasteiger partial charge is 0.497 e. The third-order valence-electron chi connectivity index (χ3n) is 3.90. The summed E-state index contributed by atoms with van der Waals surface area (Å²) in [7, 11) is 1.91. The molecule has 0 aliphatic carbocycles. The number of fused-ring (bicyclic) bond motifs is 1. The zero-order valence-corrected chi connectivity index (χ0v) is 17.1. The predicted molar refractivity (Wildman–Crippen MR) is 108 cm³/mol. The number of aromatic amines is 1. The lowest BCUT2D eigenvalue weighted by molar-refractivity contribution is -0.116. The van der Waals surface area contributed by atoms with Crippen LogP contribution in [0.15, 0.2) is 29.6 Å².